The van der Waals surface area contributed by atoms with Crippen molar-refractivity contribution in [3.05, 3.63) is 5.82 Å². The van der Waals surface area contributed by atoms with Gasteiger partial charge in [-0.05, 0) is 122 Å². The highest BCUT2D eigenvalue weighted by Crippen LogP contribution is 2.56. The van der Waals surface area contributed by atoms with Crippen molar-refractivity contribution in [2.24, 2.45) is 5.92 Å². The molecule has 9 heteroatoms. The maximum Gasteiger partial charge on any atom is 0.230 e. The zero-order valence-electron chi connectivity index (χ0n) is 34.4. The molecule has 0 aliphatic carbocycles. The maximum atomic E-state index is 5.69. The summed E-state index contributed by atoms with van der Waals surface area (Å²) in [5, 5.41) is 0. The predicted molar refractivity (Wildman–Crippen MR) is 205 cm³/mol. The molecule has 280 valence electrons. The smallest absolute Gasteiger partial charge is 0.230 e. The number of aromatic nitrogens is 3. The van der Waals surface area contributed by atoms with E-state index < -0.39 is 0 Å². The van der Waals surface area contributed by atoms with Gasteiger partial charge in [0.1, 0.15) is 5.82 Å². The van der Waals surface area contributed by atoms with Gasteiger partial charge < -0.3 is 14.5 Å². The fraction of sp³-hybridized carbons (Fsp3) is 0.925. The first-order valence-corrected chi connectivity index (χ1v) is 19.6. The Morgan fingerprint density at radius 2 is 1.29 bits per heavy atom. The Balaban J connectivity index is 1.30. The second-order valence-electron chi connectivity index (χ2n) is 20.1. The number of morpholine rings is 1. The van der Waals surface area contributed by atoms with Crippen LogP contribution in [-0.4, -0.2) is 123 Å². The molecule has 0 amide bonds. The first kappa shape index (κ1) is 38.7. The van der Waals surface area contributed by atoms with Crippen LogP contribution in [-0.2, 0) is 10.2 Å². The van der Waals surface area contributed by atoms with E-state index in [-0.39, 0.29) is 33.1 Å². The van der Waals surface area contributed by atoms with E-state index in [9.17, 15) is 0 Å². The number of hydrogen-bond acceptors (Lipinski definition) is 9. The molecule has 5 rings (SSSR count). The summed E-state index contributed by atoms with van der Waals surface area (Å²) in [5.74, 6) is 3.26. The van der Waals surface area contributed by atoms with E-state index in [2.05, 4.69) is 129 Å². The van der Waals surface area contributed by atoms with Crippen LogP contribution < -0.4 is 9.80 Å². The van der Waals surface area contributed by atoms with E-state index in [4.69, 9.17) is 19.7 Å². The average molecular weight is 683 g/mol. The molecule has 0 radical (unpaired) electrons. The van der Waals surface area contributed by atoms with Crippen molar-refractivity contribution in [3.63, 3.8) is 0 Å². The summed E-state index contributed by atoms with van der Waals surface area (Å²) >= 11 is 0. The second-order valence-corrected chi connectivity index (χ2v) is 20.1. The summed E-state index contributed by atoms with van der Waals surface area (Å²) in [4.78, 5) is 28.5. The lowest BCUT2D eigenvalue weighted by Gasteiger charge is -2.73. The van der Waals surface area contributed by atoms with Crippen LogP contribution in [0.1, 0.15) is 141 Å². The maximum absolute atomic E-state index is 5.69. The highest BCUT2D eigenvalue weighted by Gasteiger charge is 2.65. The zero-order chi connectivity index (χ0) is 36.4. The Kier molecular flexibility index (Phi) is 10.6. The number of rotatable bonds is 10. The monoisotopic (exact) mass is 683 g/mol. The summed E-state index contributed by atoms with van der Waals surface area (Å²) in [5.41, 5.74) is 0.662. The van der Waals surface area contributed by atoms with Gasteiger partial charge >= 0.3 is 0 Å². The van der Waals surface area contributed by atoms with Gasteiger partial charge in [-0.2, -0.15) is 15.0 Å². The molecular formula is C40H74N8O. The van der Waals surface area contributed by atoms with Gasteiger partial charge in [-0.1, -0.05) is 33.6 Å². The largest absolute Gasteiger partial charge is 0.378 e. The molecule has 4 aliphatic rings. The van der Waals surface area contributed by atoms with Crippen LogP contribution in [0, 0.1) is 5.92 Å². The van der Waals surface area contributed by atoms with Crippen molar-refractivity contribution in [2.45, 2.75) is 180 Å². The number of nitrogens with zero attached hydrogens (tertiary/aromatic N) is 8. The van der Waals surface area contributed by atoms with Crippen LogP contribution in [0.3, 0.4) is 0 Å². The van der Waals surface area contributed by atoms with E-state index in [0.29, 0.717) is 18.0 Å². The minimum Gasteiger partial charge on any atom is -0.378 e. The molecule has 0 saturated carbocycles. The SMILES string of the molecule is CN1C(C)(C)CC(N(CCCCCCN2C3CC(C)(C)N(C)C(C)(C)C3C2(C)C)c2nc(N3CCOCC3)nc(C(C)(C)C)n2)CC1(C)C. The molecule has 0 aromatic carbocycles. The summed E-state index contributed by atoms with van der Waals surface area (Å²) in [7, 11) is 4.64. The molecule has 0 N–H and O–H groups in total. The standard InChI is InChI=1S/C40H74N8O/c1-35(2,3)32-41-33(46-22-24-49-25-23-46)43-34(42-32)47(29-26-36(4,5)44(14)37(6,7)27-29)20-18-16-17-19-21-48-30-28-38(8,9)45(15)39(10,11)31(30)40(48,12)13/h29-31H,16-28H2,1-15H3. The zero-order valence-corrected chi connectivity index (χ0v) is 34.4. The summed E-state index contributed by atoms with van der Waals surface area (Å²) < 4.78 is 5.69. The Hall–Kier alpha value is -1.55. The minimum atomic E-state index is -0.169. The number of ether oxygens (including phenoxy) is 1. The first-order valence-electron chi connectivity index (χ1n) is 19.6. The van der Waals surface area contributed by atoms with Crippen LogP contribution in [0.2, 0.25) is 0 Å². The van der Waals surface area contributed by atoms with Crippen LogP contribution in [0.15, 0.2) is 0 Å². The van der Waals surface area contributed by atoms with Crippen molar-refractivity contribution < 1.29 is 4.74 Å². The van der Waals surface area contributed by atoms with Gasteiger partial charge in [0.05, 0.1) is 13.2 Å². The molecule has 2 atom stereocenters. The Labute approximate surface area is 300 Å². The summed E-state index contributed by atoms with van der Waals surface area (Å²) in [6.07, 6.45) is 8.34. The average Bonchev–Trinajstić information content (AvgIpc) is 2.99. The van der Waals surface area contributed by atoms with Gasteiger partial charge in [0.2, 0.25) is 11.9 Å². The van der Waals surface area contributed by atoms with Crippen LogP contribution >= 0.6 is 0 Å². The topological polar surface area (TPSA) is 64.1 Å². The molecule has 1 aromatic heterocycles. The van der Waals surface area contributed by atoms with Gasteiger partial charge in [0.15, 0.2) is 0 Å². The molecule has 49 heavy (non-hydrogen) atoms. The third-order valence-electron chi connectivity index (χ3n) is 13.6. The highest BCUT2D eigenvalue weighted by molar-refractivity contribution is 5.42. The second kappa shape index (κ2) is 13.5. The molecule has 9 nitrogen and oxygen atoms in total. The number of fused-ring (bicyclic) bond motifs is 1. The van der Waals surface area contributed by atoms with Gasteiger partial charge in [-0.15, -0.1) is 0 Å². The van der Waals surface area contributed by atoms with E-state index >= 15 is 0 Å². The lowest BCUT2D eigenvalue weighted by atomic mass is 9.55. The van der Waals surface area contributed by atoms with Crippen LogP contribution in [0.4, 0.5) is 11.9 Å². The lowest BCUT2D eigenvalue weighted by Crippen LogP contribution is -2.82. The van der Waals surface area contributed by atoms with Crippen molar-refractivity contribution in [1.29, 1.82) is 0 Å². The van der Waals surface area contributed by atoms with E-state index in [1.54, 1.807) is 0 Å². The molecule has 4 fully saturated rings. The van der Waals surface area contributed by atoms with Crippen molar-refractivity contribution >= 4 is 11.9 Å². The van der Waals surface area contributed by atoms with Gasteiger partial charge in [-0.25, -0.2) is 0 Å². The Morgan fingerprint density at radius 3 is 1.88 bits per heavy atom. The molecule has 1 aromatic rings. The van der Waals surface area contributed by atoms with Crippen LogP contribution in [0.25, 0.3) is 0 Å². The quantitative estimate of drug-likeness (QED) is 0.243. The Morgan fingerprint density at radius 1 is 0.714 bits per heavy atom. The highest BCUT2D eigenvalue weighted by atomic mass is 16.5. The normalized spacial score (nSPS) is 28.6. The molecule has 4 aliphatic heterocycles. The van der Waals surface area contributed by atoms with E-state index in [0.717, 1.165) is 69.8 Å². The fourth-order valence-electron chi connectivity index (χ4n) is 10.5. The van der Waals surface area contributed by atoms with Crippen LogP contribution in [0.5, 0.6) is 0 Å². The molecule has 0 spiro atoms. The van der Waals surface area contributed by atoms with Gasteiger partial charge in [-0.3, -0.25) is 14.7 Å². The fourth-order valence-corrected chi connectivity index (χ4v) is 10.5. The predicted octanol–water partition coefficient (Wildman–Crippen LogP) is 7.00. The number of piperidine rings is 2. The molecule has 2 unspecified atom stereocenters. The number of likely N-dealkylation sites (tertiary alicyclic amines) is 3. The summed E-state index contributed by atoms with van der Waals surface area (Å²) in [6, 6.07) is 1.05. The molecule has 5 heterocycles. The van der Waals surface area contributed by atoms with E-state index in [1.165, 1.54) is 32.2 Å². The third-order valence-corrected chi connectivity index (χ3v) is 13.6. The Bertz CT molecular complexity index is 1280. The van der Waals surface area contributed by atoms with Gasteiger partial charge in [0, 0.05) is 70.7 Å². The molecular weight excluding hydrogens is 608 g/mol. The van der Waals surface area contributed by atoms with Crippen molar-refractivity contribution in [1.82, 2.24) is 29.7 Å². The molecule has 4 saturated heterocycles. The van der Waals surface area contributed by atoms with Crippen molar-refractivity contribution in [3.8, 4) is 0 Å². The number of hydrogen-bond donors (Lipinski definition) is 0. The first-order chi connectivity index (χ1) is 22.5. The number of unbranched alkanes of at least 4 members (excludes halogenated alkanes) is 3. The lowest BCUT2D eigenvalue weighted by molar-refractivity contribution is -0.227. The van der Waals surface area contributed by atoms with Gasteiger partial charge in [0.25, 0.3) is 0 Å². The molecule has 0 bridgehead atoms. The number of anilines is 2. The minimum absolute atomic E-state index is 0.0799. The van der Waals surface area contributed by atoms with E-state index in [1.807, 2.05) is 0 Å². The van der Waals surface area contributed by atoms with Crippen molar-refractivity contribution in [2.75, 3.05) is 63.3 Å². The third kappa shape index (κ3) is 7.52. The summed E-state index contributed by atoms with van der Waals surface area (Å²) in [6.45, 7) is 36.4.